The first-order valence-electron chi connectivity index (χ1n) is 9.39. The number of hydrogen-bond acceptors (Lipinski definition) is 4. The third kappa shape index (κ3) is 3.85. The minimum absolute atomic E-state index is 0.0403. The number of sulfonamides is 1. The van der Waals surface area contributed by atoms with E-state index in [2.05, 4.69) is 10.3 Å². The topological polar surface area (TPSA) is 62.3 Å². The van der Waals surface area contributed by atoms with Crippen molar-refractivity contribution >= 4 is 44.0 Å². The van der Waals surface area contributed by atoms with Crippen LogP contribution in [0.2, 0.25) is 5.02 Å². The average Bonchev–Trinajstić information content (AvgIpc) is 2.69. The number of rotatable bonds is 4. The number of pyridine rings is 1. The van der Waals surface area contributed by atoms with Crippen molar-refractivity contribution in [2.24, 2.45) is 0 Å². The molecule has 7 heteroatoms. The van der Waals surface area contributed by atoms with Gasteiger partial charge in [0.05, 0.1) is 10.4 Å². The van der Waals surface area contributed by atoms with Gasteiger partial charge < -0.3 is 5.32 Å². The normalized spacial score (nSPS) is 18.3. The smallest absolute Gasteiger partial charge is 0.243 e. The molecular formula is C21H22ClN3O2S. The summed E-state index contributed by atoms with van der Waals surface area (Å²) in [7, 11) is -3.49. The second kappa shape index (κ2) is 7.70. The van der Waals surface area contributed by atoms with Crippen LogP contribution in [-0.2, 0) is 10.0 Å². The van der Waals surface area contributed by atoms with Gasteiger partial charge in [-0.2, -0.15) is 4.31 Å². The molecule has 1 fully saturated rings. The first-order valence-corrected chi connectivity index (χ1v) is 11.2. The summed E-state index contributed by atoms with van der Waals surface area (Å²) in [6.45, 7) is 2.57. The molecule has 28 heavy (non-hydrogen) atoms. The van der Waals surface area contributed by atoms with Crippen molar-refractivity contribution in [3.05, 3.63) is 59.6 Å². The Morgan fingerprint density at radius 1 is 1.07 bits per heavy atom. The summed E-state index contributed by atoms with van der Waals surface area (Å²) in [5.41, 5.74) is 1.62. The van der Waals surface area contributed by atoms with Gasteiger partial charge in [-0.15, -0.1) is 0 Å². The van der Waals surface area contributed by atoms with Crippen LogP contribution in [0.5, 0.6) is 0 Å². The van der Waals surface area contributed by atoms with E-state index in [0.29, 0.717) is 22.3 Å². The van der Waals surface area contributed by atoms with Crippen LogP contribution in [0.4, 0.5) is 11.5 Å². The number of anilines is 2. The zero-order valence-corrected chi connectivity index (χ0v) is 17.2. The first-order chi connectivity index (χ1) is 13.4. The van der Waals surface area contributed by atoms with Crippen LogP contribution in [0.1, 0.15) is 26.2 Å². The Morgan fingerprint density at radius 3 is 2.61 bits per heavy atom. The molecule has 2 aromatic carbocycles. The molecule has 0 amide bonds. The lowest BCUT2D eigenvalue weighted by molar-refractivity contribution is 0.268. The zero-order chi connectivity index (χ0) is 19.7. The number of nitrogens with one attached hydrogen (secondary N) is 1. The summed E-state index contributed by atoms with van der Waals surface area (Å²) < 4.78 is 27.7. The van der Waals surface area contributed by atoms with E-state index in [4.69, 9.17) is 11.6 Å². The van der Waals surface area contributed by atoms with Crippen LogP contribution < -0.4 is 5.32 Å². The van der Waals surface area contributed by atoms with Crippen molar-refractivity contribution in [3.63, 3.8) is 0 Å². The number of aromatic nitrogens is 1. The predicted molar refractivity (Wildman–Crippen MR) is 114 cm³/mol. The largest absolute Gasteiger partial charge is 0.340 e. The molecule has 0 aliphatic carbocycles. The maximum absolute atomic E-state index is 13.1. The minimum atomic E-state index is -3.49. The van der Waals surface area contributed by atoms with E-state index in [1.165, 1.54) is 0 Å². The van der Waals surface area contributed by atoms with Crippen molar-refractivity contribution in [2.75, 3.05) is 11.9 Å². The van der Waals surface area contributed by atoms with E-state index in [1.54, 1.807) is 22.5 Å². The van der Waals surface area contributed by atoms with Gasteiger partial charge >= 0.3 is 0 Å². The Morgan fingerprint density at radius 2 is 1.86 bits per heavy atom. The zero-order valence-electron chi connectivity index (χ0n) is 15.6. The van der Waals surface area contributed by atoms with E-state index in [0.717, 1.165) is 35.9 Å². The fraction of sp³-hybridized carbons (Fsp3) is 0.286. The molecule has 0 bridgehead atoms. The van der Waals surface area contributed by atoms with Gasteiger partial charge in [-0.25, -0.2) is 13.4 Å². The highest BCUT2D eigenvalue weighted by Gasteiger charge is 2.31. The lowest BCUT2D eigenvalue weighted by atomic mass is 10.1. The van der Waals surface area contributed by atoms with Crippen molar-refractivity contribution < 1.29 is 8.42 Å². The highest BCUT2D eigenvalue weighted by molar-refractivity contribution is 7.89. The van der Waals surface area contributed by atoms with Gasteiger partial charge in [0.2, 0.25) is 10.0 Å². The molecule has 1 atom stereocenters. The third-order valence-corrected chi connectivity index (χ3v) is 7.39. The molecule has 1 N–H and O–H groups in total. The molecule has 0 unspecified atom stereocenters. The third-order valence-electron chi connectivity index (χ3n) is 5.13. The van der Waals surface area contributed by atoms with Gasteiger partial charge in [0, 0.05) is 28.7 Å². The Kier molecular flexibility index (Phi) is 5.27. The number of fused-ring (bicyclic) bond motifs is 1. The molecule has 0 radical (unpaired) electrons. The maximum Gasteiger partial charge on any atom is 0.243 e. The van der Waals surface area contributed by atoms with Gasteiger partial charge in [0.1, 0.15) is 5.82 Å². The molecule has 0 spiro atoms. The first kappa shape index (κ1) is 19.2. The van der Waals surface area contributed by atoms with Gasteiger partial charge in [-0.3, -0.25) is 0 Å². The van der Waals surface area contributed by atoms with Crippen LogP contribution >= 0.6 is 11.6 Å². The standard InChI is InChI=1S/C21H22ClN3O2S/c1-15-4-2-3-13-25(15)28(26,27)19-10-11-20-16(14-19)5-12-21(24-20)23-18-8-6-17(22)7-9-18/h5-12,14-15H,2-4,13H2,1H3,(H,23,24)/t15-/m1/s1. The van der Waals surface area contributed by atoms with E-state index in [1.807, 2.05) is 43.3 Å². The van der Waals surface area contributed by atoms with Gasteiger partial charge in [0.15, 0.2) is 0 Å². The van der Waals surface area contributed by atoms with E-state index >= 15 is 0 Å². The monoisotopic (exact) mass is 415 g/mol. The second-order valence-electron chi connectivity index (χ2n) is 7.14. The van der Waals surface area contributed by atoms with Crippen molar-refractivity contribution in [1.82, 2.24) is 9.29 Å². The number of nitrogens with zero attached hydrogens (tertiary/aromatic N) is 2. The van der Waals surface area contributed by atoms with E-state index in [9.17, 15) is 8.42 Å². The molecular weight excluding hydrogens is 394 g/mol. The molecule has 5 nitrogen and oxygen atoms in total. The van der Waals surface area contributed by atoms with Gasteiger partial charge in [0.25, 0.3) is 0 Å². The molecule has 4 rings (SSSR count). The molecule has 146 valence electrons. The number of halogens is 1. The average molecular weight is 416 g/mol. The SMILES string of the molecule is C[C@@H]1CCCCN1S(=O)(=O)c1ccc2nc(Nc3ccc(Cl)cc3)ccc2c1. The summed E-state index contributed by atoms with van der Waals surface area (Å²) in [4.78, 5) is 4.92. The summed E-state index contributed by atoms with van der Waals surface area (Å²) >= 11 is 5.91. The van der Waals surface area contributed by atoms with E-state index < -0.39 is 10.0 Å². The fourth-order valence-corrected chi connectivity index (χ4v) is 5.44. The Bertz CT molecular complexity index is 1100. The molecule has 0 saturated carbocycles. The van der Waals surface area contributed by atoms with Crippen LogP contribution in [0.3, 0.4) is 0 Å². The number of piperidine rings is 1. The molecule has 2 heterocycles. The second-order valence-corrected chi connectivity index (χ2v) is 9.47. The molecule has 1 aliphatic heterocycles. The molecule has 1 aliphatic rings. The van der Waals surface area contributed by atoms with Crippen LogP contribution in [-0.4, -0.2) is 30.3 Å². The van der Waals surface area contributed by atoms with Gasteiger partial charge in [-0.05, 0) is 74.4 Å². The fourth-order valence-electron chi connectivity index (χ4n) is 3.58. The minimum Gasteiger partial charge on any atom is -0.340 e. The quantitative estimate of drug-likeness (QED) is 0.636. The summed E-state index contributed by atoms with van der Waals surface area (Å²) in [6.07, 6.45) is 2.91. The highest BCUT2D eigenvalue weighted by atomic mass is 35.5. The summed E-state index contributed by atoms with van der Waals surface area (Å²) in [5.74, 6) is 0.690. The Balaban J connectivity index is 1.62. The van der Waals surface area contributed by atoms with Crippen LogP contribution in [0, 0.1) is 0 Å². The highest BCUT2D eigenvalue weighted by Crippen LogP contribution is 2.28. The lowest BCUT2D eigenvalue weighted by Gasteiger charge is -2.32. The van der Waals surface area contributed by atoms with Crippen LogP contribution in [0.15, 0.2) is 59.5 Å². The molecule has 3 aromatic rings. The van der Waals surface area contributed by atoms with Crippen molar-refractivity contribution in [1.29, 1.82) is 0 Å². The Labute approximate surface area is 170 Å². The van der Waals surface area contributed by atoms with Crippen molar-refractivity contribution in [2.45, 2.75) is 37.1 Å². The lowest BCUT2D eigenvalue weighted by Crippen LogP contribution is -2.41. The van der Waals surface area contributed by atoms with E-state index in [-0.39, 0.29) is 6.04 Å². The number of benzene rings is 2. The summed E-state index contributed by atoms with van der Waals surface area (Å²) in [5, 5.41) is 4.70. The van der Waals surface area contributed by atoms with Gasteiger partial charge in [-0.1, -0.05) is 18.0 Å². The molecule has 1 aromatic heterocycles. The van der Waals surface area contributed by atoms with Crippen molar-refractivity contribution in [3.8, 4) is 0 Å². The maximum atomic E-state index is 13.1. The molecule has 1 saturated heterocycles. The predicted octanol–water partition coefficient (Wildman–Crippen LogP) is 5.19. The Hall–Kier alpha value is -2.15. The van der Waals surface area contributed by atoms with Crippen LogP contribution in [0.25, 0.3) is 10.9 Å². The summed E-state index contributed by atoms with van der Waals surface area (Å²) in [6, 6.07) is 16.3. The number of hydrogen-bond donors (Lipinski definition) is 1.